The lowest BCUT2D eigenvalue weighted by Crippen LogP contribution is -2.42. The predicted molar refractivity (Wildman–Crippen MR) is 85.3 cm³/mol. The van der Waals surface area contributed by atoms with Crippen LogP contribution in [0, 0.1) is 13.8 Å². The van der Waals surface area contributed by atoms with Gasteiger partial charge in [0.2, 0.25) is 0 Å². The van der Waals surface area contributed by atoms with Gasteiger partial charge in [0.05, 0.1) is 5.75 Å². The summed E-state index contributed by atoms with van der Waals surface area (Å²) in [5, 5.41) is 6.38. The molecule has 1 aromatic heterocycles. The Labute approximate surface area is 126 Å². The molecular weight excluding hydrogens is 290 g/mol. The van der Waals surface area contributed by atoms with Gasteiger partial charge in [-0.25, -0.2) is 8.42 Å². The van der Waals surface area contributed by atoms with Crippen LogP contribution in [0.3, 0.4) is 0 Å². The molecule has 0 radical (unpaired) electrons. The minimum absolute atomic E-state index is 0.0260. The summed E-state index contributed by atoms with van der Waals surface area (Å²) in [7, 11) is -1.25. The lowest BCUT2D eigenvalue weighted by Gasteiger charge is -2.17. The number of aliphatic imine (C=N–C) groups is 1. The highest BCUT2D eigenvalue weighted by Crippen LogP contribution is 2.12. The van der Waals surface area contributed by atoms with Crippen molar-refractivity contribution in [2.45, 2.75) is 39.8 Å². The molecule has 0 aliphatic carbocycles. The average molecular weight is 315 g/mol. The number of hydrogen-bond donors (Lipinski definition) is 2. The first-order chi connectivity index (χ1) is 9.71. The average Bonchev–Trinajstić information content (AvgIpc) is 2.69. The molecule has 0 fully saturated rings. The predicted octanol–water partition coefficient (Wildman–Crippen LogP) is 1.38. The number of guanidine groups is 1. The Kier molecular flexibility index (Phi) is 6.26. The number of rotatable bonds is 6. The number of nitrogens with zero attached hydrogens (tertiary/aromatic N) is 1. The fraction of sp³-hybridized carbons (Fsp3) is 0.643. The van der Waals surface area contributed by atoms with Crippen molar-refractivity contribution >= 4 is 15.8 Å². The number of sulfone groups is 1. The third-order valence-electron chi connectivity index (χ3n) is 3.12. The molecule has 0 amide bonds. The van der Waals surface area contributed by atoms with E-state index in [2.05, 4.69) is 15.6 Å². The van der Waals surface area contributed by atoms with Gasteiger partial charge in [-0.3, -0.25) is 4.99 Å². The monoisotopic (exact) mass is 315 g/mol. The van der Waals surface area contributed by atoms with Crippen LogP contribution < -0.4 is 10.6 Å². The third-order valence-corrected chi connectivity index (χ3v) is 4.10. The van der Waals surface area contributed by atoms with E-state index in [4.69, 9.17) is 4.42 Å². The molecule has 1 heterocycles. The normalized spacial score (nSPS) is 14.0. The van der Waals surface area contributed by atoms with E-state index in [1.807, 2.05) is 26.8 Å². The maximum Gasteiger partial charge on any atom is 0.191 e. The maximum absolute atomic E-state index is 11.2. The van der Waals surface area contributed by atoms with Gasteiger partial charge in [0.25, 0.3) is 0 Å². The first-order valence-corrected chi connectivity index (χ1v) is 8.98. The number of aryl methyl sites for hydroxylation is 2. The van der Waals surface area contributed by atoms with Crippen molar-refractivity contribution in [2.24, 2.45) is 4.99 Å². The zero-order chi connectivity index (χ0) is 16.0. The van der Waals surface area contributed by atoms with Crippen LogP contribution in [0.1, 0.15) is 30.4 Å². The standard InChI is InChI=1S/C14H25N3O3S/c1-10(6-7-21(5,18)19)17-14(15-4)16-9-13-8-11(2)20-12(13)3/h8,10H,6-7,9H2,1-5H3,(H2,15,16,17). The van der Waals surface area contributed by atoms with Gasteiger partial charge in [0.15, 0.2) is 5.96 Å². The molecule has 1 unspecified atom stereocenters. The van der Waals surface area contributed by atoms with Gasteiger partial charge in [-0.15, -0.1) is 0 Å². The molecule has 21 heavy (non-hydrogen) atoms. The van der Waals surface area contributed by atoms with E-state index in [-0.39, 0.29) is 11.8 Å². The molecule has 1 aromatic rings. The highest BCUT2D eigenvalue weighted by Gasteiger charge is 2.10. The molecule has 7 heteroatoms. The quantitative estimate of drug-likeness (QED) is 0.612. The van der Waals surface area contributed by atoms with E-state index in [1.165, 1.54) is 6.26 Å². The second-order valence-electron chi connectivity index (χ2n) is 5.33. The van der Waals surface area contributed by atoms with Gasteiger partial charge >= 0.3 is 0 Å². The summed E-state index contributed by atoms with van der Waals surface area (Å²) in [5.74, 6) is 2.58. The van der Waals surface area contributed by atoms with Crippen LogP contribution in [-0.2, 0) is 16.4 Å². The number of nitrogens with one attached hydrogen (secondary N) is 2. The Morgan fingerprint density at radius 1 is 1.43 bits per heavy atom. The van der Waals surface area contributed by atoms with Crippen LogP contribution in [0.25, 0.3) is 0 Å². The first kappa shape index (κ1) is 17.6. The van der Waals surface area contributed by atoms with Gasteiger partial charge in [0.1, 0.15) is 21.4 Å². The van der Waals surface area contributed by atoms with E-state index >= 15 is 0 Å². The lowest BCUT2D eigenvalue weighted by atomic mass is 10.2. The summed E-state index contributed by atoms with van der Waals surface area (Å²) in [6, 6.07) is 2.01. The van der Waals surface area contributed by atoms with Crippen molar-refractivity contribution < 1.29 is 12.8 Å². The summed E-state index contributed by atoms with van der Waals surface area (Å²) in [4.78, 5) is 4.14. The molecule has 120 valence electrons. The highest BCUT2D eigenvalue weighted by molar-refractivity contribution is 7.90. The maximum atomic E-state index is 11.2. The largest absolute Gasteiger partial charge is 0.466 e. The zero-order valence-electron chi connectivity index (χ0n) is 13.4. The highest BCUT2D eigenvalue weighted by atomic mass is 32.2. The molecule has 2 N–H and O–H groups in total. The summed E-state index contributed by atoms with van der Waals surface area (Å²) in [5.41, 5.74) is 1.08. The van der Waals surface area contributed by atoms with Gasteiger partial charge in [-0.05, 0) is 33.3 Å². The van der Waals surface area contributed by atoms with Crippen LogP contribution in [0.2, 0.25) is 0 Å². The second kappa shape index (κ2) is 7.49. The molecular formula is C14H25N3O3S. The Morgan fingerprint density at radius 3 is 2.57 bits per heavy atom. The summed E-state index contributed by atoms with van der Waals surface area (Å²) in [6.07, 6.45) is 1.79. The molecule has 1 rings (SSSR count). The topological polar surface area (TPSA) is 83.7 Å². The van der Waals surface area contributed by atoms with Gasteiger partial charge < -0.3 is 15.1 Å². The van der Waals surface area contributed by atoms with Crippen molar-refractivity contribution in [3.63, 3.8) is 0 Å². The minimum atomic E-state index is -2.93. The van der Waals surface area contributed by atoms with Crippen LogP contribution >= 0.6 is 0 Å². The minimum Gasteiger partial charge on any atom is -0.466 e. The van der Waals surface area contributed by atoms with Crippen LogP contribution in [-0.4, -0.2) is 39.5 Å². The van der Waals surface area contributed by atoms with Crippen molar-refractivity contribution in [3.8, 4) is 0 Å². The smallest absolute Gasteiger partial charge is 0.191 e. The molecule has 0 aliphatic heterocycles. The lowest BCUT2D eigenvalue weighted by molar-refractivity contribution is 0.500. The number of furan rings is 1. The molecule has 1 atom stereocenters. The Hall–Kier alpha value is -1.50. The SMILES string of the molecule is CN=C(NCc1cc(C)oc1C)NC(C)CCS(C)(=O)=O. The third kappa shape index (κ3) is 6.66. The zero-order valence-corrected chi connectivity index (χ0v) is 14.2. The molecule has 0 aliphatic rings. The van der Waals surface area contributed by atoms with E-state index in [0.29, 0.717) is 18.9 Å². The van der Waals surface area contributed by atoms with Gasteiger partial charge in [-0.2, -0.15) is 0 Å². The van der Waals surface area contributed by atoms with Crippen LogP contribution in [0.5, 0.6) is 0 Å². The molecule has 6 nitrogen and oxygen atoms in total. The Balaban J connectivity index is 2.47. The molecule has 0 spiro atoms. The van der Waals surface area contributed by atoms with Crippen LogP contribution in [0.15, 0.2) is 15.5 Å². The Morgan fingerprint density at radius 2 is 2.10 bits per heavy atom. The fourth-order valence-corrected chi connectivity index (χ4v) is 2.71. The molecule has 0 saturated carbocycles. The summed E-state index contributed by atoms with van der Waals surface area (Å²) < 4.78 is 27.8. The van der Waals surface area contributed by atoms with Crippen LogP contribution in [0.4, 0.5) is 0 Å². The molecule has 0 aromatic carbocycles. The van der Waals surface area contributed by atoms with E-state index < -0.39 is 9.84 Å². The van der Waals surface area contributed by atoms with Crippen molar-refractivity contribution in [2.75, 3.05) is 19.1 Å². The fourth-order valence-electron chi connectivity index (χ4n) is 1.93. The molecule has 0 saturated heterocycles. The first-order valence-electron chi connectivity index (χ1n) is 6.92. The van der Waals surface area contributed by atoms with Gasteiger partial charge in [-0.1, -0.05) is 0 Å². The van der Waals surface area contributed by atoms with E-state index in [0.717, 1.165) is 17.1 Å². The van der Waals surface area contributed by atoms with E-state index in [1.54, 1.807) is 7.05 Å². The summed E-state index contributed by atoms with van der Waals surface area (Å²) >= 11 is 0. The molecule has 0 bridgehead atoms. The van der Waals surface area contributed by atoms with Crippen molar-refractivity contribution in [1.82, 2.24) is 10.6 Å². The summed E-state index contributed by atoms with van der Waals surface area (Å²) in [6.45, 7) is 6.39. The Bertz CT molecular complexity index is 591. The van der Waals surface area contributed by atoms with E-state index in [9.17, 15) is 8.42 Å². The second-order valence-corrected chi connectivity index (χ2v) is 7.59. The number of hydrogen-bond acceptors (Lipinski definition) is 4. The van der Waals surface area contributed by atoms with Gasteiger partial charge in [0, 0.05) is 31.5 Å². The van der Waals surface area contributed by atoms with Crippen molar-refractivity contribution in [1.29, 1.82) is 0 Å². The van der Waals surface area contributed by atoms with Crippen molar-refractivity contribution in [3.05, 3.63) is 23.2 Å².